The molecule has 0 amide bonds. The van der Waals surface area contributed by atoms with Crippen molar-refractivity contribution in [1.82, 2.24) is 10.3 Å². The van der Waals surface area contributed by atoms with Crippen LogP contribution in [0.25, 0.3) is 0 Å². The molecule has 0 unspecified atom stereocenters. The molecule has 112 valence electrons. The number of benzene rings is 1. The van der Waals surface area contributed by atoms with E-state index in [0.29, 0.717) is 12.2 Å². The Morgan fingerprint density at radius 2 is 2.19 bits per heavy atom. The molecule has 0 radical (unpaired) electrons. The van der Waals surface area contributed by atoms with Gasteiger partial charge in [0.2, 0.25) is 0 Å². The first-order valence-electron chi connectivity index (χ1n) is 6.51. The molecule has 21 heavy (non-hydrogen) atoms. The number of hydrogen-bond acceptors (Lipinski definition) is 6. The smallest absolute Gasteiger partial charge is 0.170 e. The van der Waals surface area contributed by atoms with E-state index < -0.39 is 0 Å². The van der Waals surface area contributed by atoms with Gasteiger partial charge in [0.15, 0.2) is 5.84 Å². The number of aryl methyl sites for hydroxylation is 1. The monoisotopic (exact) mass is 306 g/mol. The molecule has 1 heterocycles. The molecule has 1 aromatic carbocycles. The number of rotatable bonds is 7. The van der Waals surface area contributed by atoms with Crippen molar-refractivity contribution < 1.29 is 9.94 Å². The van der Waals surface area contributed by atoms with Crippen molar-refractivity contribution in [2.45, 2.75) is 13.5 Å². The number of nitrogens with one attached hydrogen (secondary N) is 1. The van der Waals surface area contributed by atoms with Crippen LogP contribution in [0.1, 0.15) is 16.3 Å². The fourth-order valence-electron chi connectivity index (χ4n) is 1.73. The van der Waals surface area contributed by atoms with E-state index in [2.05, 4.69) is 20.8 Å². The Labute approximate surface area is 127 Å². The van der Waals surface area contributed by atoms with Crippen LogP contribution < -0.4 is 15.8 Å². The summed E-state index contributed by atoms with van der Waals surface area (Å²) < 4.78 is 5.59. The lowest BCUT2D eigenvalue weighted by molar-refractivity contribution is 0.313. The molecule has 0 atom stereocenters. The Bertz CT molecular complexity index is 595. The summed E-state index contributed by atoms with van der Waals surface area (Å²) in [5.41, 5.74) is 7.20. The van der Waals surface area contributed by atoms with Crippen molar-refractivity contribution in [3.63, 3.8) is 0 Å². The van der Waals surface area contributed by atoms with Crippen LogP contribution in [0.4, 0.5) is 0 Å². The second-order valence-electron chi connectivity index (χ2n) is 4.39. The Balaban J connectivity index is 1.69. The zero-order chi connectivity index (χ0) is 15.1. The molecule has 2 aromatic rings. The van der Waals surface area contributed by atoms with E-state index in [1.54, 1.807) is 35.6 Å². The summed E-state index contributed by atoms with van der Waals surface area (Å²) in [7, 11) is 0. The maximum Gasteiger partial charge on any atom is 0.170 e. The minimum atomic E-state index is 0.0850. The van der Waals surface area contributed by atoms with Gasteiger partial charge in [-0.2, -0.15) is 0 Å². The van der Waals surface area contributed by atoms with Crippen LogP contribution in [0, 0.1) is 6.92 Å². The topological polar surface area (TPSA) is 92.8 Å². The SMILES string of the molecule is Cc1nc(CNCCOc2ccc(C(N)=NO)cc2)cs1. The van der Waals surface area contributed by atoms with E-state index in [0.717, 1.165) is 29.5 Å². The third-order valence-corrected chi connectivity index (χ3v) is 3.60. The van der Waals surface area contributed by atoms with E-state index in [-0.39, 0.29) is 5.84 Å². The van der Waals surface area contributed by atoms with Gasteiger partial charge in [-0.1, -0.05) is 5.16 Å². The minimum Gasteiger partial charge on any atom is -0.492 e. The molecule has 1 aromatic heterocycles. The highest BCUT2D eigenvalue weighted by atomic mass is 32.1. The highest BCUT2D eigenvalue weighted by Crippen LogP contribution is 2.12. The zero-order valence-corrected chi connectivity index (χ0v) is 12.6. The van der Waals surface area contributed by atoms with Crippen molar-refractivity contribution in [1.29, 1.82) is 0 Å². The third-order valence-electron chi connectivity index (χ3n) is 2.78. The van der Waals surface area contributed by atoms with Crippen LogP contribution in [-0.2, 0) is 6.54 Å². The molecule has 7 heteroatoms. The van der Waals surface area contributed by atoms with Crippen molar-refractivity contribution >= 4 is 17.2 Å². The number of nitrogens with two attached hydrogens (primary N) is 1. The molecule has 0 bridgehead atoms. The van der Waals surface area contributed by atoms with E-state index in [1.165, 1.54) is 0 Å². The van der Waals surface area contributed by atoms with Gasteiger partial charge < -0.3 is 21.0 Å². The van der Waals surface area contributed by atoms with Gasteiger partial charge in [0, 0.05) is 24.0 Å². The van der Waals surface area contributed by atoms with Crippen LogP contribution in [0.15, 0.2) is 34.8 Å². The van der Waals surface area contributed by atoms with Gasteiger partial charge in [-0.05, 0) is 31.2 Å². The standard InChI is InChI=1S/C14H18N4O2S/c1-10-17-12(9-21-10)8-16-6-7-20-13-4-2-11(3-5-13)14(15)18-19/h2-5,9,16,19H,6-8H2,1H3,(H2,15,18). The predicted molar refractivity (Wildman–Crippen MR) is 83.0 cm³/mol. The van der Waals surface area contributed by atoms with Crippen molar-refractivity contribution in [3.05, 3.63) is 45.9 Å². The summed E-state index contributed by atoms with van der Waals surface area (Å²) in [6.07, 6.45) is 0. The first kappa shape index (κ1) is 15.3. The Kier molecular flexibility index (Phi) is 5.53. The summed E-state index contributed by atoms with van der Waals surface area (Å²) in [4.78, 5) is 4.37. The van der Waals surface area contributed by atoms with Crippen LogP contribution in [-0.4, -0.2) is 29.2 Å². The third kappa shape index (κ3) is 4.73. The van der Waals surface area contributed by atoms with Crippen molar-refractivity contribution in [2.24, 2.45) is 10.9 Å². The number of oxime groups is 1. The number of hydrogen-bond donors (Lipinski definition) is 3. The average Bonchev–Trinajstić information content (AvgIpc) is 2.92. The van der Waals surface area contributed by atoms with Crippen molar-refractivity contribution in [2.75, 3.05) is 13.2 Å². The molecule has 0 saturated carbocycles. The lowest BCUT2D eigenvalue weighted by atomic mass is 10.2. The molecule has 0 aliphatic heterocycles. The second-order valence-corrected chi connectivity index (χ2v) is 5.45. The molecule has 0 fully saturated rings. The van der Waals surface area contributed by atoms with Crippen LogP contribution >= 0.6 is 11.3 Å². The van der Waals surface area contributed by atoms with E-state index in [4.69, 9.17) is 15.7 Å². The summed E-state index contributed by atoms with van der Waals surface area (Å²) in [5.74, 6) is 0.831. The number of amidine groups is 1. The number of ether oxygens (including phenoxy) is 1. The van der Waals surface area contributed by atoms with Gasteiger partial charge in [0.25, 0.3) is 0 Å². The molecular formula is C14H18N4O2S. The summed E-state index contributed by atoms with van der Waals surface area (Å²) in [6.45, 7) is 4.04. The first-order chi connectivity index (χ1) is 10.2. The number of thiazole rings is 1. The Morgan fingerprint density at radius 3 is 2.81 bits per heavy atom. The summed E-state index contributed by atoms with van der Waals surface area (Å²) >= 11 is 1.65. The maximum atomic E-state index is 8.57. The van der Waals surface area contributed by atoms with Gasteiger partial charge in [-0.15, -0.1) is 11.3 Å². The quantitative estimate of drug-likeness (QED) is 0.238. The molecule has 0 aliphatic rings. The lowest BCUT2D eigenvalue weighted by Gasteiger charge is -2.07. The van der Waals surface area contributed by atoms with E-state index >= 15 is 0 Å². The Morgan fingerprint density at radius 1 is 1.43 bits per heavy atom. The highest BCUT2D eigenvalue weighted by Gasteiger charge is 2.00. The fourth-order valence-corrected chi connectivity index (χ4v) is 2.34. The van der Waals surface area contributed by atoms with Gasteiger partial charge in [-0.3, -0.25) is 0 Å². The molecule has 2 rings (SSSR count). The average molecular weight is 306 g/mol. The van der Waals surface area contributed by atoms with Crippen LogP contribution in [0.3, 0.4) is 0 Å². The van der Waals surface area contributed by atoms with Crippen LogP contribution in [0.5, 0.6) is 5.75 Å². The zero-order valence-electron chi connectivity index (χ0n) is 11.7. The number of nitrogens with zero attached hydrogens (tertiary/aromatic N) is 2. The molecule has 0 saturated heterocycles. The maximum absolute atomic E-state index is 8.57. The van der Waals surface area contributed by atoms with Gasteiger partial charge in [0.1, 0.15) is 12.4 Å². The van der Waals surface area contributed by atoms with E-state index in [1.807, 2.05) is 6.92 Å². The normalized spacial score (nSPS) is 11.6. The van der Waals surface area contributed by atoms with Crippen molar-refractivity contribution in [3.8, 4) is 5.75 Å². The minimum absolute atomic E-state index is 0.0850. The molecule has 0 aliphatic carbocycles. The van der Waals surface area contributed by atoms with Crippen LogP contribution in [0.2, 0.25) is 0 Å². The largest absolute Gasteiger partial charge is 0.492 e. The molecule has 0 spiro atoms. The summed E-state index contributed by atoms with van der Waals surface area (Å²) in [5, 5.41) is 17.9. The van der Waals surface area contributed by atoms with E-state index in [9.17, 15) is 0 Å². The molecular weight excluding hydrogens is 288 g/mol. The first-order valence-corrected chi connectivity index (χ1v) is 7.39. The molecule has 4 N–H and O–H groups in total. The lowest BCUT2D eigenvalue weighted by Crippen LogP contribution is -2.20. The van der Waals surface area contributed by atoms with Gasteiger partial charge in [0.05, 0.1) is 10.7 Å². The molecule has 6 nitrogen and oxygen atoms in total. The summed E-state index contributed by atoms with van der Waals surface area (Å²) in [6, 6.07) is 7.07. The predicted octanol–water partition coefficient (Wildman–Crippen LogP) is 1.71. The van der Waals surface area contributed by atoms with Gasteiger partial charge >= 0.3 is 0 Å². The second kappa shape index (κ2) is 7.61. The van der Waals surface area contributed by atoms with Gasteiger partial charge in [-0.25, -0.2) is 4.98 Å². The highest BCUT2D eigenvalue weighted by molar-refractivity contribution is 7.09. The number of aromatic nitrogens is 1. The Hall–Kier alpha value is -2.12. The fraction of sp³-hybridized carbons (Fsp3) is 0.286.